The first-order valence-electron chi connectivity index (χ1n) is 4.94. The first kappa shape index (κ1) is 12.4. The molecule has 1 N–H and O–H groups in total. The molecular weight excluding hydrogens is 212 g/mol. The fourth-order valence-electron chi connectivity index (χ4n) is 1.23. The van der Waals surface area contributed by atoms with Crippen molar-refractivity contribution in [3.8, 4) is 0 Å². The van der Waals surface area contributed by atoms with Crippen LogP contribution in [0.5, 0.6) is 0 Å². The van der Waals surface area contributed by atoms with Crippen LogP contribution in [0, 0.1) is 5.82 Å². The zero-order valence-electron chi connectivity index (χ0n) is 9.02. The third kappa shape index (κ3) is 3.15. The van der Waals surface area contributed by atoms with Gasteiger partial charge in [0.25, 0.3) is 5.91 Å². The second kappa shape index (κ2) is 5.39. The number of halogens is 2. The Morgan fingerprint density at radius 2 is 2.19 bits per heavy atom. The average Bonchev–Trinajstić information content (AvgIpc) is 2.26. The Kier molecular flexibility index (Phi) is 4.17. The fraction of sp³-hybridized carbons (Fsp3) is 0.250. The SMILES string of the molecule is C=C(F)C(=O)NCc1ccc(CC)cc1F. The minimum Gasteiger partial charge on any atom is -0.346 e. The second-order valence-electron chi connectivity index (χ2n) is 3.37. The van der Waals surface area contributed by atoms with Gasteiger partial charge in [-0.05, 0) is 18.1 Å². The third-order valence-corrected chi connectivity index (χ3v) is 2.21. The molecule has 0 saturated carbocycles. The maximum absolute atomic E-state index is 13.4. The zero-order chi connectivity index (χ0) is 12.1. The van der Waals surface area contributed by atoms with Gasteiger partial charge in [-0.1, -0.05) is 25.6 Å². The minimum atomic E-state index is -1.08. The lowest BCUT2D eigenvalue weighted by atomic mass is 10.1. The predicted molar refractivity (Wildman–Crippen MR) is 57.9 cm³/mol. The molecule has 2 nitrogen and oxygen atoms in total. The molecule has 0 atom stereocenters. The first-order valence-corrected chi connectivity index (χ1v) is 4.94. The highest BCUT2D eigenvalue weighted by atomic mass is 19.1. The predicted octanol–water partition coefficient (Wildman–Crippen LogP) is 2.49. The molecule has 0 aliphatic carbocycles. The van der Waals surface area contributed by atoms with Crippen LogP contribution in [0.1, 0.15) is 18.1 Å². The number of carbonyl (C=O) groups is 1. The first-order chi connectivity index (χ1) is 7.54. The lowest BCUT2D eigenvalue weighted by Crippen LogP contribution is -2.23. The molecule has 0 spiro atoms. The van der Waals surface area contributed by atoms with Crippen LogP contribution in [0.4, 0.5) is 8.78 Å². The number of nitrogens with one attached hydrogen (secondary N) is 1. The summed E-state index contributed by atoms with van der Waals surface area (Å²) < 4.78 is 25.7. The van der Waals surface area contributed by atoms with E-state index in [0.29, 0.717) is 5.56 Å². The van der Waals surface area contributed by atoms with Gasteiger partial charge in [0.15, 0.2) is 5.83 Å². The molecular formula is C12H13F2NO. The normalized spacial score (nSPS) is 9.94. The van der Waals surface area contributed by atoms with Gasteiger partial charge in [-0.3, -0.25) is 4.79 Å². The summed E-state index contributed by atoms with van der Waals surface area (Å²) in [5.41, 5.74) is 1.20. The van der Waals surface area contributed by atoms with Gasteiger partial charge in [-0.2, -0.15) is 0 Å². The van der Waals surface area contributed by atoms with E-state index in [1.54, 1.807) is 12.1 Å². The van der Waals surface area contributed by atoms with Gasteiger partial charge in [-0.15, -0.1) is 0 Å². The van der Waals surface area contributed by atoms with Crippen LogP contribution >= 0.6 is 0 Å². The molecule has 0 heterocycles. The van der Waals surface area contributed by atoms with E-state index in [1.165, 1.54) is 6.07 Å². The van der Waals surface area contributed by atoms with E-state index in [0.717, 1.165) is 12.0 Å². The maximum atomic E-state index is 13.4. The van der Waals surface area contributed by atoms with E-state index in [2.05, 4.69) is 11.9 Å². The van der Waals surface area contributed by atoms with E-state index >= 15 is 0 Å². The van der Waals surface area contributed by atoms with Crippen molar-refractivity contribution in [3.05, 3.63) is 47.5 Å². The summed E-state index contributed by atoms with van der Waals surface area (Å²) in [7, 11) is 0. The molecule has 16 heavy (non-hydrogen) atoms. The third-order valence-electron chi connectivity index (χ3n) is 2.21. The largest absolute Gasteiger partial charge is 0.346 e. The Balaban J connectivity index is 2.68. The Bertz CT molecular complexity index is 415. The molecule has 0 saturated heterocycles. The lowest BCUT2D eigenvalue weighted by molar-refractivity contribution is -0.119. The Morgan fingerprint density at radius 1 is 1.50 bits per heavy atom. The van der Waals surface area contributed by atoms with E-state index in [4.69, 9.17) is 0 Å². The van der Waals surface area contributed by atoms with Crippen molar-refractivity contribution in [3.63, 3.8) is 0 Å². The topological polar surface area (TPSA) is 29.1 Å². The van der Waals surface area contributed by atoms with Crippen LogP contribution in [-0.2, 0) is 17.8 Å². The zero-order valence-corrected chi connectivity index (χ0v) is 9.02. The van der Waals surface area contributed by atoms with Gasteiger partial charge in [0, 0.05) is 12.1 Å². The number of hydrogen-bond donors (Lipinski definition) is 1. The lowest BCUT2D eigenvalue weighted by Gasteiger charge is -2.06. The van der Waals surface area contributed by atoms with Crippen molar-refractivity contribution in [2.75, 3.05) is 0 Å². The Hall–Kier alpha value is -1.71. The summed E-state index contributed by atoms with van der Waals surface area (Å²) >= 11 is 0. The summed E-state index contributed by atoms with van der Waals surface area (Å²) in [5.74, 6) is -2.39. The molecule has 1 aromatic rings. The minimum absolute atomic E-state index is 0.0440. The van der Waals surface area contributed by atoms with Crippen molar-refractivity contribution in [1.29, 1.82) is 0 Å². The quantitative estimate of drug-likeness (QED) is 0.784. The Labute approximate surface area is 93.0 Å². The molecule has 1 aromatic carbocycles. The van der Waals surface area contributed by atoms with Crippen molar-refractivity contribution < 1.29 is 13.6 Å². The molecule has 86 valence electrons. The van der Waals surface area contributed by atoms with Crippen LogP contribution in [0.2, 0.25) is 0 Å². The number of rotatable bonds is 4. The fourth-order valence-corrected chi connectivity index (χ4v) is 1.23. The highest BCUT2D eigenvalue weighted by molar-refractivity contribution is 5.90. The van der Waals surface area contributed by atoms with Gasteiger partial charge in [-0.25, -0.2) is 8.78 Å². The van der Waals surface area contributed by atoms with Gasteiger partial charge < -0.3 is 5.32 Å². The van der Waals surface area contributed by atoms with Crippen molar-refractivity contribution in [2.45, 2.75) is 19.9 Å². The van der Waals surface area contributed by atoms with Crippen molar-refractivity contribution >= 4 is 5.91 Å². The molecule has 0 unspecified atom stereocenters. The summed E-state index contributed by atoms with van der Waals surface area (Å²) in [6.45, 7) is 4.72. The maximum Gasteiger partial charge on any atom is 0.279 e. The summed E-state index contributed by atoms with van der Waals surface area (Å²) in [6, 6.07) is 4.76. The second-order valence-corrected chi connectivity index (χ2v) is 3.37. The van der Waals surface area contributed by atoms with Crippen LogP contribution in [0.3, 0.4) is 0 Å². The molecule has 0 fully saturated rings. The van der Waals surface area contributed by atoms with E-state index in [9.17, 15) is 13.6 Å². The Morgan fingerprint density at radius 3 is 2.69 bits per heavy atom. The van der Waals surface area contributed by atoms with Crippen LogP contribution in [0.15, 0.2) is 30.6 Å². The van der Waals surface area contributed by atoms with Crippen LogP contribution in [0.25, 0.3) is 0 Å². The molecule has 0 aliphatic heterocycles. The van der Waals surface area contributed by atoms with E-state index in [1.807, 2.05) is 6.92 Å². The standard InChI is InChI=1S/C12H13F2NO/c1-3-9-4-5-10(11(14)6-9)7-15-12(16)8(2)13/h4-6H,2-3,7H2,1H3,(H,15,16). The highest BCUT2D eigenvalue weighted by Crippen LogP contribution is 2.11. The van der Waals surface area contributed by atoms with Crippen molar-refractivity contribution in [2.24, 2.45) is 0 Å². The van der Waals surface area contributed by atoms with Gasteiger partial charge >= 0.3 is 0 Å². The molecule has 0 bridgehead atoms. The molecule has 0 aliphatic rings. The van der Waals surface area contributed by atoms with E-state index < -0.39 is 17.6 Å². The smallest absolute Gasteiger partial charge is 0.279 e. The number of aryl methyl sites for hydroxylation is 1. The van der Waals surface area contributed by atoms with Crippen LogP contribution in [-0.4, -0.2) is 5.91 Å². The average molecular weight is 225 g/mol. The molecule has 0 radical (unpaired) electrons. The van der Waals surface area contributed by atoms with Gasteiger partial charge in [0.1, 0.15) is 5.82 Å². The number of carbonyl (C=O) groups excluding carboxylic acids is 1. The van der Waals surface area contributed by atoms with Crippen molar-refractivity contribution in [1.82, 2.24) is 5.32 Å². The van der Waals surface area contributed by atoms with Crippen LogP contribution < -0.4 is 5.32 Å². The number of amides is 1. The molecule has 0 aromatic heterocycles. The molecule has 4 heteroatoms. The molecule has 1 amide bonds. The summed E-state index contributed by atoms with van der Waals surface area (Å²) in [5, 5.41) is 2.22. The van der Waals surface area contributed by atoms with Gasteiger partial charge in [0.2, 0.25) is 0 Å². The van der Waals surface area contributed by atoms with Gasteiger partial charge in [0.05, 0.1) is 0 Å². The number of benzene rings is 1. The molecule has 1 rings (SSSR count). The monoisotopic (exact) mass is 225 g/mol. The van der Waals surface area contributed by atoms with E-state index in [-0.39, 0.29) is 6.54 Å². The highest BCUT2D eigenvalue weighted by Gasteiger charge is 2.07. The summed E-state index contributed by atoms with van der Waals surface area (Å²) in [4.78, 5) is 10.8. The number of hydrogen-bond acceptors (Lipinski definition) is 1. The summed E-state index contributed by atoms with van der Waals surface area (Å²) in [6.07, 6.45) is 0.741.